The zero-order chi connectivity index (χ0) is 28.9. The fourth-order valence-corrected chi connectivity index (χ4v) is 7.30. The SMILES string of the molecule is CCOC(=O)c1c(NC(=O)[C@@H](C)Sc2nnc(CNC(=O)c3cccs3)n2-c2ccc(F)cc2)sc2c1CCCC2. The van der Waals surface area contributed by atoms with E-state index in [0.29, 0.717) is 32.1 Å². The summed E-state index contributed by atoms with van der Waals surface area (Å²) < 4.78 is 20.7. The molecule has 0 saturated heterocycles. The number of benzene rings is 1. The minimum Gasteiger partial charge on any atom is -0.462 e. The second kappa shape index (κ2) is 13.0. The number of carbonyl (C=O) groups is 3. The first-order valence-electron chi connectivity index (χ1n) is 13.2. The van der Waals surface area contributed by atoms with Gasteiger partial charge < -0.3 is 15.4 Å². The standard InChI is InChI=1S/C28H28FN5O4S3/c1-3-38-27(37)23-19-7-4-5-8-20(19)41-26(23)31-24(35)16(2)40-28-33-32-22(15-30-25(36)21-9-6-14-39-21)34(28)18-12-10-17(29)11-13-18/h6,9-14,16H,3-5,7-8,15H2,1-2H3,(H,30,36)(H,31,35)/t16-/m1/s1. The van der Waals surface area contributed by atoms with Crippen LogP contribution in [0.1, 0.15) is 63.0 Å². The van der Waals surface area contributed by atoms with Crippen molar-refractivity contribution in [3.05, 3.63) is 74.3 Å². The summed E-state index contributed by atoms with van der Waals surface area (Å²) in [6.07, 6.45) is 3.70. The van der Waals surface area contributed by atoms with Crippen LogP contribution in [0.3, 0.4) is 0 Å². The highest BCUT2D eigenvalue weighted by Crippen LogP contribution is 2.39. The van der Waals surface area contributed by atoms with Crippen molar-refractivity contribution in [2.45, 2.75) is 56.5 Å². The molecular formula is C28H28FN5O4S3. The third-order valence-corrected chi connectivity index (χ3v) is 9.59. The van der Waals surface area contributed by atoms with Gasteiger partial charge in [0.15, 0.2) is 11.0 Å². The normalized spacial score (nSPS) is 13.3. The first-order valence-corrected chi connectivity index (χ1v) is 15.7. The molecule has 0 fully saturated rings. The summed E-state index contributed by atoms with van der Waals surface area (Å²) in [5.74, 6) is -0.945. The molecule has 0 bridgehead atoms. The molecule has 1 aliphatic rings. The lowest BCUT2D eigenvalue weighted by Crippen LogP contribution is -2.25. The third kappa shape index (κ3) is 6.52. The van der Waals surface area contributed by atoms with Gasteiger partial charge in [0.2, 0.25) is 5.91 Å². The van der Waals surface area contributed by atoms with E-state index in [2.05, 4.69) is 20.8 Å². The Morgan fingerprint density at radius 2 is 1.93 bits per heavy atom. The maximum atomic E-state index is 13.7. The van der Waals surface area contributed by atoms with E-state index in [1.165, 1.54) is 46.6 Å². The number of thioether (sulfide) groups is 1. The van der Waals surface area contributed by atoms with Gasteiger partial charge in [0.25, 0.3) is 5.91 Å². The van der Waals surface area contributed by atoms with Crippen molar-refractivity contribution in [2.75, 3.05) is 11.9 Å². The molecule has 2 amide bonds. The molecule has 5 rings (SSSR count). The number of hydrogen-bond donors (Lipinski definition) is 2. The molecular weight excluding hydrogens is 586 g/mol. The first-order chi connectivity index (χ1) is 19.9. The highest BCUT2D eigenvalue weighted by Gasteiger charge is 2.29. The van der Waals surface area contributed by atoms with E-state index in [1.54, 1.807) is 42.7 Å². The van der Waals surface area contributed by atoms with Gasteiger partial charge in [0, 0.05) is 10.6 Å². The molecule has 1 atom stereocenters. The molecule has 4 aromatic rings. The van der Waals surface area contributed by atoms with Crippen LogP contribution in [0.2, 0.25) is 0 Å². The van der Waals surface area contributed by atoms with Gasteiger partial charge in [0.05, 0.1) is 28.8 Å². The van der Waals surface area contributed by atoms with Gasteiger partial charge in [-0.2, -0.15) is 0 Å². The smallest absolute Gasteiger partial charge is 0.341 e. The fourth-order valence-electron chi connectivity index (χ4n) is 4.49. The van der Waals surface area contributed by atoms with E-state index in [-0.39, 0.29) is 25.0 Å². The first kappa shape index (κ1) is 29.0. The number of esters is 1. The van der Waals surface area contributed by atoms with Gasteiger partial charge >= 0.3 is 5.97 Å². The maximum absolute atomic E-state index is 13.7. The summed E-state index contributed by atoms with van der Waals surface area (Å²) in [6.45, 7) is 3.82. The molecule has 13 heteroatoms. The number of aryl methyl sites for hydroxylation is 1. The fraction of sp³-hybridized carbons (Fsp3) is 0.321. The van der Waals surface area contributed by atoms with Crippen molar-refractivity contribution >= 4 is 57.2 Å². The lowest BCUT2D eigenvalue weighted by atomic mass is 9.95. The molecule has 9 nitrogen and oxygen atoms in total. The number of carbonyl (C=O) groups excluding carboxylic acids is 3. The van der Waals surface area contributed by atoms with Crippen LogP contribution in [0, 0.1) is 5.82 Å². The zero-order valence-corrected chi connectivity index (χ0v) is 24.9. The number of nitrogens with zero attached hydrogens (tertiary/aromatic N) is 3. The van der Waals surface area contributed by atoms with E-state index in [0.717, 1.165) is 36.1 Å². The molecule has 0 radical (unpaired) electrons. The molecule has 0 unspecified atom stereocenters. The Kier molecular flexibility index (Phi) is 9.15. The van der Waals surface area contributed by atoms with Crippen LogP contribution in [-0.2, 0) is 28.9 Å². The Bertz CT molecular complexity index is 1550. The molecule has 3 heterocycles. The summed E-state index contributed by atoms with van der Waals surface area (Å²) in [4.78, 5) is 40.4. The molecule has 0 saturated carbocycles. The van der Waals surface area contributed by atoms with Crippen molar-refractivity contribution in [3.63, 3.8) is 0 Å². The third-order valence-electron chi connectivity index (χ3n) is 6.48. The number of anilines is 1. The Labute approximate surface area is 248 Å². The average Bonchev–Trinajstić information content (AvgIpc) is 3.71. The van der Waals surface area contributed by atoms with E-state index >= 15 is 0 Å². The summed E-state index contributed by atoms with van der Waals surface area (Å²) in [7, 11) is 0. The molecule has 2 N–H and O–H groups in total. The number of ether oxygens (including phenoxy) is 1. The monoisotopic (exact) mass is 613 g/mol. The maximum Gasteiger partial charge on any atom is 0.341 e. The summed E-state index contributed by atoms with van der Waals surface area (Å²) in [6, 6.07) is 9.33. The van der Waals surface area contributed by atoms with Crippen molar-refractivity contribution in [1.29, 1.82) is 0 Å². The van der Waals surface area contributed by atoms with Crippen molar-refractivity contribution in [1.82, 2.24) is 20.1 Å². The van der Waals surface area contributed by atoms with Crippen LogP contribution in [0.4, 0.5) is 9.39 Å². The highest BCUT2D eigenvalue weighted by molar-refractivity contribution is 8.00. The number of thiophene rings is 2. The predicted octanol–water partition coefficient (Wildman–Crippen LogP) is 5.63. The largest absolute Gasteiger partial charge is 0.462 e. The van der Waals surface area contributed by atoms with Gasteiger partial charge in [-0.25, -0.2) is 9.18 Å². The van der Waals surface area contributed by atoms with Crippen LogP contribution in [-0.4, -0.2) is 44.4 Å². The molecule has 3 aromatic heterocycles. The molecule has 41 heavy (non-hydrogen) atoms. The number of fused-ring (bicyclic) bond motifs is 1. The van der Waals surface area contributed by atoms with Crippen molar-refractivity contribution in [2.24, 2.45) is 0 Å². The Hall–Kier alpha value is -3.55. The van der Waals surface area contributed by atoms with Crippen LogP contribution in [0.15, 0.2) is 46.9 Å². The zero-order valence-electron chi connectivity index (χ0n) is 22.4. The van der Waals surface area contributed by atoms with Crippen molar-refractivity contribution < 1.29 is 23.5 Å². The summed E-state index contributed by atoms with van der Waals surface area (Å²) in [5.41, 5.74) is 2.01. The lowest BCUT2D eigenvalue weighted by molar-refractivity contribution is -0.115. The molecule has 0 aliphatic heterocycles. The van der Waals surface area contributed by atoms with Gasteiger partial charge in [0.1, 0.15) is 10.8 Å². The van der Waals surface area contributed by atoms with Gasteiger partial charge in [-0.3, -0.25) is 14.2 Å². The van der Waals surface area contributed by atoms with Gasteiger partial charge in [-0.05, 0) is 80.8 Å². The van der Waals surface area contributed by atoms with Crippen LogP contribution in [0.25, 0.3) is 5.69 Å². The molecule has 1 aromatic carbocycles. The number of rotatable bonds is 10. The number of nitrogens with one attached hydrogen (secondary N) is 2. The van der Waals surface area contributed by atoms with Crippen LogP contribution in [0.5, 0.6) is 0 Å². The summed E-state index contributed by atoms with van der Waals surface area (Å²) >= 11 is 3.93. The predicted molar refractivity (Wildman–Crippen MR) is 158 cm³/mol. The number of halogens is 1. The number of amides is 2. The Morgan fingerprint density at radius 1 is 1.15 bits per heavy atom. The quantitative estimate of drug-likeness (QED) is 0.176. The van der Waals surface area contributed by atoms with E-state index in [9.17, 15) is 18.8 Å². The second-order valence-corrected chi connectivity index (χ2v) is 12.6. The molecule has 214 valence electrons. The summed E-state index contributed by atoms with van der Waals surface area (Å²) in [5, 5.41) is 16.4. The molecule has 0 spiro atoms. The second-order valence-electron chi connectivity index (χ2n) is 9.26. The minimum atomic E-state index is -0.624. The van der Waals surface area contributed by atoms with Crippen LogP contribution < -0.4 is 10.6 Å². The topological polar surface area (TPSA) is 115 Å². The average molecular weight is 614 g/mol. The molecule has 1 aliphatic carbocycles. The van der Waals surface area contributed by atoms with Crippen LogP contribution >= 0.6 is 34.4 Å². The number of aromatic nitrogens is 3. The van der Waals surface area contributed by atoms with E-state index in [1.807, 2.05) is 5.38 Å². The van der Waals surface area contributed by atoms with Crippen molar-refractivity contribution in [3.8, 4) is 5.69 Å². The minimum absolute atomic E-state index is 0.0753. The van der Waals surface area contributed by atoms with Gasteiger partial charge in [-0.1, -0.05) is 17.8 Å². The Morgan fingerprint density at radius 3 is 2.66 bits per heavy atom. The van der Waals surface area contributed by atoms with Gasteiger partial charge in [-0.15, -0.1) is 32.9 Å². The van der Waals surface area contributed by atoms with E-state index in [4.69, 9.17) is 4.74 Å². The Balaban J connectivity index is 1.36. The van der Waals surface area contributed by atoms with E-state index < -0.39 is 17.0 Å². The number of hydrogen-bond acceptors (Lipinski definition) is 9. The lowest BCUT2D eigenvalue weighted by Gasteiger charge is -2.15. The highest BCUT2D eigenvalue weighted by atomic mass is 32.2.